The largest absolute Gasteiger partial charge is 0.469 e. The van der Waals surface area contributed by atoms with E-state index in [0.717, 1.165) is 10.9 Å². The van der Waals surface area contributed by atoms with Crippen LogP contribution in [0.2, 0.25) is 0 Å². The van der Waals surface area contributed by atoms with Crippen LogP contribution in [0, 0.1) is 0 Å². The van der Waals surface area contributed by atoms with Gasteiger partial charge in [0.1, 0.15) is 0 Å². The third-order valence-corrected chi connectivity index (χ3v) is 3.55. The van der Waals surface area contributed by atoms with E-state index in [2.05, 4.69) is 25.7 Å². The molecule has 1 aromatic rings. The van der Waals surface area contributed by atoms with Gasteiger partial charge < -0.3 is 9.64 Å². The van der Waals surface area contributed by atoms with Crippen molar-refractivity contribution in [2.75, 3.05) is 13.7 Å². The molecule has 0 fully saturated rings. The molecule has 0 spiro atoms. The van der Waals surface area contributed by atoms with Crippen LogP contribution in [0.15, 0.2) is 22.9 Å². The maximum atomic E-state index is 12.5. The van der Waals surface area contributed by atoms with Gasteiger partial charge in [-0.15, -0.1) is 0 Å². The number of rotatable bonds is 6. The Labute approximate surface area is 127 Å². The van der Waals surface area contributed by atoms with Crippen LogP contribution < -0.4 is 0 Å². The van der Waals surface area contributed by atoms with Gasteiger partial charge in [-0.1, -0.05) is 6.92 Å². The third kappa shape index (κ3) is 4.59. The summed E-state index contributed by atoms with van der Waals surface area (Å²) in [5.74, 6) is -0.449. The number of carbonyl (C=O) groups excluding carboxylic acids is 2. The second kappa shape index (κ2) is 7.99. The number of esters is 1. The van der Waals surface area contributed by atoms with Gasteiger partial charge in [-0.2, -0.15) is 0 Å². The molecule has 0 N–H and O–H groups in total. The van der Waals surface area contributed by atoms with Crippen molar-refractivity contribution in [3.8, 4) is 0 Å². The second-order valence-corrected chi connectivity index (χ2v) is 5.39. The third-order valence-electron chi connectivity index (χ3n) is 3.12. The molecule has 0 aliphatic rings. The number of hydrogen-bond donors (Lipinski definition) is 0. The highest BCUT2D eigenvalue weighted by molar-refractivity contribution is 9.10. The van der Waals surface area contributed by atoms with Gasteiger partial charge in [0, 0.05) is 29.5 Å². The second-order valence-electron chi connectivity index (χ2n) is 4.47. The summed E-state index contributed by atoms with van der Waals surface area (Å²) in [5, 5.41) is 0. The van der Waals surface area contributed by atoms with Crippen molar-refractivity contribution in [2.24, 2.45) is 0 Å². The van der Waals surface area contributed by atoms with Crippen LogP contribution in [0.4, 0.5) is 0 Å². The maximum absolute atomic E-state index is 12.5. The molecule has 0 bridgehead atoms. The number of amides is 1. The number of methoxy groups -OCH3 is 1. The molecule has 5 nitrogen and oxygen atoms in total. The highest BCUT2D eigenvalue weighted by Gasteiger charge is 2.21. The molecule has 1 heterocycles. The first-order valence-electron chi connectivity index (χ1n) is 6.47. The maximum Gasteiger partial charge on any atom is 0.307 e. The first-order chi connectivity index (χ1) is 9.49. The van der Waals surface area contributed by atoms with Gasteiger partial charge in [0.05, 0.1) is 19.1 Å². The fourth-order valence-corrected chi connectivity index (χ4v) is 2.12. The zero-order valence-corrected chi connectivity index (χ0v) is 13.5. The lowest BCUT2D eigenvalue weighted by Crippen LogP contribution is -2.40. The van der Waals surface area contributed by atoms with E-state index in [1.807, 2.05) is 13.8 Å². The average Bonchev–Trinajstić information content (AvgIpc) is 2.46. The van der Waals surface area contributed by atoms with Crippen molar-refractivity contribution in [1.82, 2.24) is 9.88 Å². The van der Waals surface area contributed by atoms with Crippen LogP contribution in [0.3, 0.4) is 0 Å². The molecule has 0 saturated carbocycles. The zero-order chi connectivity index (χ0) is 15.1. The molecule has 1 amide bonds. The van der Waals surface area contributed by atoms with Gasteiger partial charge in [-0.25, -0.2) is 0 Å². The standard InChI is InChI=1S/C14H19BrN2O3/c1-4-10(2)17(6-5-13(18)20-3)14(19)11-7-12(15)9-16-8-11/h7-10H,4-6H2,1-3H3. The minimum absolute atomic E-state index is 0.0473. The molecule has 1 unspecified atom stereocenters. The smallest absolute Gasteiger partial charge is 0.307 e. The van der Waals surface area contributed by atoms with Crippen LogP contribution in [-0.4, -0.2) is 41.5 Å². The number of ether oxygens (including phenoxy) is 1. The molecule has 110 valence electrons. The number of carbonyl (C=O) groups is 2. The fourth-order valence-electron chi connectivity index (χ4n) is 1.75. The molecular weight excluding hydrogens is 324 g/mol. The van der Waals surface area contributed by atoms with E-state index < -0.39 is 0 Å². The summed E-state index contributed by atoms with van der Waals surface area (Å²) in [5.41, 5.74) is 0.504. The Bertz CT molecular complexity index is 479. The monoisotopic (exact) mass is 342 g/mol. The molecule has 0 aromatic carbocycles. The van der Waals surface area contributed by atoms with Crippen molar-refractivity contribution in [1.29, 1.82) is 0 Å². The Balaban J connectivity index is 2.87. The molecule has 0 radical (unpaired) electrons. The average molecular weight is 343 g/mol. The lowest BCUT2D eigenvalue weighted by molar-refractivity contribution is -0.140. The van der Waals surface area contributed by atoms with Gasteiger partial charge in [-0.3, -0.25) is 14.6 Å². The Morgan fingerprint density at radius 2 is 2.15 bits per heavy atom. The molecule has 1 aromatic heterocycles. The van der Waals surface area contributed by atoms with Crippen LogP contribution in [0.25, 0.3) is 0 Å². The van der Waals surface area contributed by atoms with Crippen LogP contribution >= 0.6 is 15.9 Å². The molecule has 0 aliphatic heterocycles. The first-order valence-corrected chi connectivity index (χ1v) is 7.27. The number of hydrogen-bond acceptors (Lipinski definition) is 4. The number of aromatic nitrogens is 1. The van der Waals surface area contributed by atoms with Crippen molar-refractivity contribution in [3.63, 3.8) is 0 Å². The van der Waals surface area contributed by atoms with Gasteiger partial charge in [0.15, 0.2) is 0 Å². The Kier molecular flexibility index (Phi) is 6.64. The molecule has 6 heteroatoms. The van der Waals surface area contributed by atoms with Crippen molar-refractivity contribution in [3.05, 3.63) is 28.5 Å². The molecule has 0 saturated heterocycles. The lowest BCUT2D eigenvalue weighted by Gasteiger charge is -2.28. The van der Waals surface area contributed by atoms with Crippen LogP contribution in [0.1, 0.15) is 37.0 Å². The molecule has 1 atom stereocenters. The van der Waals surface area contributed by atoms with Crippen LogP contribution in [0.5, 0.6) is 0 Å². The van der Waals surface area contributed by atoms with Crippen molar-refractivity contribution >= 4 is 27.8 Å². The highest BCUT2D eigenvalue weighted by atomic mass is 79.9. The molecule has 1 rings (SSSR count). The van der Waals surface area contributed by atoms with Gasteiger partial charge in [0.2, 0.25) is 0 Å². The predicted molar refractivity (Wildman–Crippen MR) is 79.4 cm³/mol. The molecule has 0 aliphatic carbocycles. The topological polar surface area (TPSA) is 59.5 Å². The quantitative estimate of drug-likeness (QED) is 0.745. The highest BCUT2D eigenvalue weighted by Crippen LogP contribution is 2.15. The normalized spacial score (nSPS) is 11.8. The van der Waals surface area contributed by atoms with Gasteiger partial charge in [-0.05, 0) is 35.3 Å². The van der Waals surface area contributed by atoms with E-state index >= 15 is 0 Å². The summed E-state index contributed by atoms with van der Waals surface area (Å²) in [6, 6.07) is 1.77. The number of nitrogens with zero attached hydrogens (tertiary/aromatic N) is 2. The van der Waals surface area contributed by atoms with E-state index in [1.165, 1.54) is 13.3 Å². The lowest BCUT2D eigenvalue weighted by atomic mass is 10.1. The summed E-state index contributed by atoms with van der Waals surface area (Å²) < 4.78 is 5.37. The summed E-state index contributed by atoms with van der Waals surface area (Å²) in [6.45, 7) is 4.30. The van der Waals surface area contributed by atoms with Crippen molar-refractivity contribution in [2.45, 2.75) is 32.7 Å². The summed E-state index contributed by atoms with van der Waals surface area (Å²) in [6.07, 6.45) is 4.15. The minimum Gasteiger partial charge on any atom is -0.469 e. The zero-order valence-electron chi connectivity index (χ0n) is 11.9. The Morgan fingerprint density at radius 3 is 2.70 bits per heavy atom. The summed E-state index contributed by atoms with van der Waals surface area (Å²) in [7, 11) is 1.34. The fraction of sp³-hybridized carbons (Fsp3) is 0.500. The van der Waals surface area contributed by atoms with E-state index in [1.54, 1.807) is 17.2 Å². The van der Waals surface area contributed by atoms with E-state index in [0.29, 0.717) is 12.1 Å². The van der Waals surface area contributed by atoms with Crippen LogP contribution in [-0.2, 0) is 9.53 Å². The van der Waals surface area contributed by atoms with E-state index in [9.17, 15) is 9.59 Å². The number of pyridine rings is 1. The summed E-state index contributed by atoms with van der Waals surface area (Å²) >= 11 is 3.30. The molecule has 20 heavy (non-hydrogen) atoms. The Hall–Kier alpha value is -1.43. The molecular formula is C14H19BrN2O3. The first kappa shape index (κ1) is 16.6. The van der Waals surface area contributed by atoms with Gasteiger partial charge in [0.25, 0.3) is 5.91 Å². The van der Waals surface area contributed by atoms with Crippen molar-refractivity contribution < 1.29 is 14.3 Å². The van der Waals surface area contributed by atoms with E-state index in [4.69, 9.17) is 0 Å². The summed E-state index contributed by atoms with van der Waals surface area (Å²) in [4.78, 5) is 29.5. The SMILES string of the molecule is CCC(C)N(CCC(=O)OC)C(=O)c1cncc(Br)c1. The Morgan fingerprint density at radius 1 is 1.45 bits per heavy atom. The van der Waals surface area contributed by atoms with Gasteiger partial charge >= 0.3 is 5.97 Å². The minimum atomic E-state index is -0.321. The van der Waals surface area contributed by atoms with E-state index in [-0.39, 0.29) is 24.3 Å². The predicted octanol–water partition coefficient (Wildman–Crippen LogP) is 2.65. The number of halogens is 1.